The molecule has 4 nitrogen and oxygen atoms in total. The van der Waals surface area contributed by atoms with Gasteiger partial charge in [-0.1, -0.05) is 25.1 Å². The van der Waals surface area contributed by atoms with Crippen LogP contribution in [0.3, 0.4) is 0 Å². The summed E-state index contributed by atoms with van der Waals surface area (Å²) >= 11 is 0. The van der Waals surface area contributed by atoms with E-state index >= 15 is 0 Å². The highest BCUT2D eigenvalue weighted by atomic mass is 16.6. The first-order valence-electron chi connectivity index (χ1n) is 9.03. The van der Waals surface area contributed by atoms with Gasteiger partial charge in [0, 0.05) is 24.2 Å². The maximum Gasteiger partial charge on any atom is 0.419 e. The van der Waals surface area contributed by atoms with Crippen LogP contribution in [0, 0.1) is 5.92 Å². The van der Waals surface area contributed by atoms with Gasteiger partial charge in [0.25, 0.3) is 0 Å². The van der Waals surface area contributed by atoms with Gasteiger partial charge in [0.15, 0.2) is 0 Å². The Hall–Kier alpha value is -2.07. The average molecular weight is 338 g/mol. The Bertz CT molecular complexity index is 885. The highest BCUT2D eigenvalue weighted by Gasteiger charge is 2.34. The fourth-order valence-corrected chi connectivity index (χ4v) is 4.26. The lowest BCUT2D eigenvalue weighted by Crippen LogP contribution is -2.41. The Morgan fingerprint density at radius 1 is 1.28 bits per heavy atom. The van der Waals surface area contributed by atoms with E-state index < -0.39 is 5.60 Å². The Balaban J connectivity index is 1.87. The summed E-state index contributed by atoms with van der Waals surface area (Å²) in [5.41, 5.74) is 4.35. The van der Waals surface area contributed by atoms with Gasteiger partial charge in [-0.3, -0.25) is 9.47 Å². The lowest BCUT2D eigenvalue weighted by Gasteiger charge is -2.39. The van der Waals surface area contributed by atoms with E-state index in [0.717, 1.165) is 18.5 Å². The van der Waals surface area contributed by atoms with Gasteiger partial charge < -0.3 is 4.74 Å². The third-order valence-electron chi connectivity index (χ3n) is 5.15. The summed E-state index contributed by atoms with van der Waals surface area (Å²) in [6.45, 7) is 9.04. The number of likely N-dealkylation sites (N-methyl/N-ethyl adjacent to an activating group) is 1. The van der Waals surface area contributed by atoms with Crippen LogP contribution < -0.4 is 0 Å². The van der Waals surface area contributed by atoms with Crippen molar-refractivity contribution >= 4 is 22.6 Å². The van der Waals surface area contributed by atoms with Gasteiger partial charge in [-0.15, -0.1) is 0 Å². The molecule has 0 fully saturated rings. The van der Waals surface area contributed by atoms with Crippen molar-refractivity contribution in [2.75, 3.05) is 13.6 Å². The Labute approximate surface area is 149 Å². The summed E-state index contributed by atoms with van der Waals surface area (Å²) in [5, 5.41) is 1.21. The van der Waals surface area contributed by atoms with Crippen LogP contribution in [0.2, 0.25) is 0 Å². The standard InChI is InChI=1S/C21H26N2O2/c1-13-9-16-15-7-6-8-17-19(15)14(10-18(16)22(5)11-13)12-23(17)20(24)25-21(2,3)4/h6-9,12-13,18H,10-11H2,1-5H3/t13?,18-/m1/s1. The molecule has 2 aliphatic rings. The van der Waals surface area contributed by atoms with Gasteiger partial charge in [0.2, 0.25) is 0 Å². The molecule has 0 N–H and O–H groups in total. The van der Waals surface area contributed by atoms with Crippen LogP contribution >= 0.6 is 0 Å². The Kier molecular flexibility index (Phi) is 3.58. The van der Waals surface area contributed by atoms with Crippen LogP contribution in [-0.4, -0.2) is 40.8 Å². The number of ether oxygens (including phenoxy) is 1. The van der Waals surface area contributed by atoms with Crippen LogP contribution in [0.4, 0.5) is 4.79 Å². The summed E-state index contributed by atoms with van der Waals surface area (Å²) in [7, 11) is 2.20. The lowest BCUT2D eigenvalue weighted by molar-refractivity contribution is 0.0544. The molecular weight excluding hydrogens is 312 g/mol. The number of fused-ring (bicyclic) bond motifs is 2. The van der Waals surface area contributed by atoms with Crippen molar-refractivity contribution in [3.05, 3.63) is 41.6 Å². The minimum Gasteiger partial charge on any atom is -0.443 e. The average Bonchev–Trinajstić information content (AvgIpc) is 2.87. The van der Waals surface area contributed by atoms with Crippen LogP contribution in [-0.2, 0) is 11.2 Å². The van der Waals surface area contributed by atoms with E-state index in [4.69, 9.17) is 4.74 Å². The molecule has 4 heteroatoms. The van der Waals surface area contributed by atoms with Gasteiger partial charge in [-0.2, -0.15) is 0 Å². The van der Waals surface area contributed by atoms with Crippen molar-refractivity contribution in [3.8, 4) is 0 Å². The summed E-state index contributed by atoms with van der Waals surface area (Å²) in [4.78, 5) is 15.1. The first kappa shape index (κ1) is 16.4. The van der Waals surface area contributed by atoms with Crippen molar-refractivity contribution in [1.82, 2.24) is 9.47 Å². The van der Waals surface area contributed by atoms with E-state index in [2.05, 4.69) is 31.0 Å². The molecule has 1 aromatic carbocycles. The second kappa shape index (κ2) is 5.46. The van der Waals surface area contributed by atoms with Gasteiger partial charge in [-0.05, 0) is 62.9 Å². The fraction of sp³-hybridized carbons (Fsp3) is 0.476. The summed E-state index contributed by atoms with van der Waals surface area (Å²) < 4.78 is 7.29. The normalized spacial score (nSPS) is 23.3. The number of rotatable bonds is 0. The molecule has 2 heterocycles. The second-order valence-corrected chi connectivity index (χ2v) is 8.46. The molecule has 0 bridgehead atoms. The zero-order valence-corrected chi connectivity index (χ0v) is 15.7. The van der Waals surface area contributed by atoms with Crippen molar-refractivity contribution in [3.63, 3.8) is 0 Å². The van der Waals surface area contributed by atoms with Crippen LogP contribution in [0.5, 0.6) is 0 Å². The molecule has 25 heavy (non-hydrogen) atoms. The zero-order valence-electron chi connectivity index (χ0n) is 15.7. The van der Waals surface area contributed by atoms with E-state index in [-0.39, 0.29) is 6.09 Å². The highest BCUT2D eigenvalue weighted by Crippen LogP contribution is 2.41. The Morgan fingerprint density at radius 3 is 2.76 bits per heavy atom. The number of hydrogen-bond donors (Lipinski definition) is 0. The third kappa shape index (κ3) is 2.69. The van der Waals surface area contributed by atoms with Gasteiger partial charge >= 0.3 is 6.09 Å². The SMILES string of the molecule is CC1C=C2c3cccc4c3c(cn4C(=O)OC(C)(C)C)C[C@H]2N(C)C1. The molecule has 4 rings (SSSR count). The molecule has 132 valence electrons. The number of benzene rings is 1. The molecule has 0 amide bonds. The number of carbonyl (C=O) groups is 1. The summed E-state index contributed by atoms with van der Waals surface area (Å²) in [6.07, 6.45) is 5.03. The van der Waals surface area contributed by atoms with E-state index in [1.165, 1.54) is 22.1 Å². The maximum atomic E-state index is 12.7. The molecule has 1 aliphatic carbocycles. The molecule has 1 unspecified atom stereocenters. The first-order valence-corrected chi connectivity index (χ1v) is 9.03. The molecule has 0 saturated carbocycles. The minimum absolute atomic E-state index is 0.304. The van der Waals surface area contributed by atoms with Crippen LogP contribution in [0.15, 0.2) is 30.5 Å². The van der Waals surface area contributed by atoms with Gasteiger partial charge in [0.1, 0.15) is 5.60 Å². The van der Waals surface area contributed by atoms with Crippen molar-refractivity contribution in [2.24, 2.45) is 5.92 Å². The van der Waals surface area contributed by atoms with Crippen molar-refractivity contribution < 1.29 is 9.53 Å². The number of aromatic nitrogens is 1. The van der Waals surface area contributed by atoms with Crippen LogP contribution in [0.1, 0.15) is 38.8 Å². The lowest BCUT2D eigenvalue weighted by atomic mass is 9.80. The Morgan fingerprint density at radius 2 is 2.04 bits per heavy atom. The van der Waals surface area contributed by atoms with E-state index in [9.17, 15) is 4.79 Å². The van der Waals surface area contributed by atoms with Gasteiger partial charge in [0.05, 0.1) is 5.52 Å². The van der Waals surface area contributed by atoms with Crippen molar-refractivity contribution in [1.29, 1.82) is 0 Å². The molecule has 0 radical (unpaired) electrons. The van der Waals surface area contributed by atoms with Crippen LogP contribution in [0.25, 0.3) is 16.5 Å². The summed E-state index contributed by atoms with van der Waals surface area (Å²) in [6, 6.07) is 6.65. The number of hydrogen-bond acceptors (Lipinski definition) is 3. The van der Waals surface area contributed by atoms with E-state index in [1.54, 1.807) is 4.57 Å². The third-order valence-corrected chi connectivity index (χ3v) is 5.15. The predicted molar refractivity (Wildman–Crippen MR) is 101 cm³/mol. The highest BCUT2D eigenvalue weighted by molar-refractivity contribution is 6.01. The van der Waals surface area contributed by atoms with Gasteiger partial charge in [-0.25, -0.2) is 4.79 Å². The first-order chi connectivity index (χ1) is 11.7. The molecule has 2 aromatic rings. The molecule has 0 spiro atoms. The molecular formula is C21H26N2O2. The quantitative estimate of drug-likeness (QED) is 0.718. The number of nitrogens with zero attached hydrogens (tertiary/aromatic N) is 2. The topological polar surface area (TPSA) is 34.5 Å². The van der Waals surface area contributed by atoms with Crippen molar-refractivity contribution in [2.45, 2.75) is 45.8 Å². The largest absolute Gasteiger partial charge is 0.443 e. The monoisotopic (exact) mass is 338 g/mol. The fourth-order valence-electron chi connectivity index (χ4n) is 4.26. The zero-order chi connectivity index (χ0) is 17.9. The number of carbonyl (C=O) groups excluding carboxylic acids is 1. The minimum atomic E-state index is -0.502. The predicted octanol–water partition coefficient (Wildman–Crippen LogP) is 4.31. The maximum absolute atomic E-state index is 12.7. The van der Waals surface area contributed by atoms with E-state index in [0.29, 0.717) is 12.0 Å². The second-order valence-electron chi connectivity index (χ2n) is 8.46. The molecule has 1 aliphatic heterocycles. The smallest absolute Gasteiger partial charge is 0.419 e. The van der Waals surface area contributed by atoms with E-state index in [1.807, 2.05) is 39.1 Å². The molecule has 0 saturated heterocycles. The summed E-state index contributed by atoms with van der Waals surface area (Å²) in [5.74, 6) is 0.543. The molecule has 2 atom stereocenters. The molecule has 1 aromatic heterocycles.